The average Bonchev–Trinajstić information content (AvgIpc) is 2.29. The fraction of sp³-hybridized carbons (Fsp3) is 0.333. The molecule has 2 N–H and O–H groups in total. The molecular formula is C12H16BrNO2. The van der Waals surface area contributed by atoms with Crippen LogP contribution >= 0.6 is 15.9 Å². The molecule has 0 aliphatic rings. The van der Waals surface area contributed by atoms with E-state index < -0.39 is 0 Å². The van der Waals surface area contributed by atoms with E-state index in [1.54, 1.807) is 14.2 Å². The number of hydrogen-bond donors (Lipinski definition) is 1. The first-order chi connectivity index (χ1) is 7.65. The molecule has 1 rings (SSSR count). The highest BCUT2D eigenvalue weighted by molar-refractivity contribution is 9.10. The number of hydrogen-bond acceptors (Lipinski definition) is 3. The van der Waals surface area contributed by atoms with Crippen LogP contribution in [0.25, 0.3) is 6.08 Å². The lowest BCUT2D eigenvalue weighted by molar-refractivity contribution is 0.352. The summed E-state index contributed by atoms with van der Waals surface area (Å²) in [5.41, 5.74) is 7.40. The van der Waals surface area contributed by atoms with Gasteiger partial charge in [0.05, 0.1) is 14.2 Å². The Labute approximate surface area is 104 Å². The van der Waals surface area contributed by atoms with E-state index in [9.17, 15) is 0 Å². The van der Waals surface area contributed by atoms with Crippen molar-refractivity contribution in [1.82, 2.24) is 0 Å². The topological polar surface area (TPSA) is 44.5 Å². The van der Waals surface area contributed by atoms with Crippen molar-refractivity contribution in [3.63, 3.8) is 0 Å². The molecule has 0 unspecified atom stereocenters. The molecule has 0 aliphatic heterocycles. The van der Waals surface area contributed by atoms with Crippen molar-refractivity contribution in [2.45, 2.75) is 6.92 Å². The molecule has 0 heterocycles. The van der Waals surface area contributed by atoms with E-state index in [-0.39, 0.29) is 0 Å². The molecule has 3 nitrogen and oxygen atoms in total. The molecule has 0 spiro atoms. The van der Waals surface area contributed by atoms with Crippen molar-refractivity contribution < 1.29 is 9.47 Å². The van der Waals surface area contributed by atoms with Crippen LogP contribution in [0.15, 0.2) is 16.6 Å². The maximum absolute atomic E-state index is 5.44. The van der Waals surface area contributed by atoms with Gasteiger partial charge in [0.1, 0.15) is 0 Å². The minimum absolute atomic E-state index is 0.497. The number of benzene rings is 1. The Hall–Kier alpha value is -1.00. The first kappa shape index (κ1) is 13.1. The van der Waals surface area contributed by atoms with E-state index in [0.29, 0.717) is 6.54 Å². The lowest BCUT2D eigenvalue weighted by Crippen LogP contribution is -1.97. The first-order valence-corrected chi connectivity index (χ1v) is 5.72. The SMILES string of the molecule is COc1c(/C=C/CN)cc(Br)c(C)c1OC. The highest BCUT2D eigenvalue weighted by Crippen LogP contribution is 2.39. The van der Waals surface area contributed by atoms with Crippen molar-refractivity contribution in [2.75, 3.05) is 20.8 Å². The summed E-state index contributed by atoms with van der Waals surface area (Å²) in [7, 11) is 3.26. The smallest absolute Gasteiger partial charge is 0.168 e. The van der Waals surface area contributed by atoms with Crippen LogP contribution in [0.2, 0.25) is 0 Å². The van der Waals surface area contributed by atoms with Gasteiger partial charge in [0.2, 0.25) is 0 Å². The maximum atomic E-state index is 5.44. The quantitative estimate of drug-likeness (QED) is 0.925. The summed E-state index contributed by atoms with van der Waals surface area (Å²) in [6.07, 6.45) is 3.80. The summed E-state index contributed by atoms with van der Waals surface area (Å²) in [4.78, 5) is 0. The second-order valence-corrected chi connectivity index (χ2v) is 4.13. The molecule has 0 amide bonds. The molecule has 0 aliphatic carbocycles. The van der Waals surface area contributed by atoms with Crippen molar-refractivity contribution in [2.24, 2.45) is 5.73 Å². The molecule has 0 radical (unpaired) electrons. The van der Waals surface area contributed by atoms with Gasteiger partial charge in [0, 0.05) is 22.1 Å². The van der Waals surface area contributed by atoms with Gasteiger partial charge in [0.25, 0.3) is 0 Å². The van der Waals surface area contributed by atoms with Crippen LogP contribution < -0.4 is 15.2 Å². The van der Waals surface area contributed by atoms with Crippen LogP contribution in [0.5, 0.6) is 11.5 Å². The minimum Gasteiger partial charge on any atom is -0.493 e. The number of methoxy groups -OCH3 is 2. The van der Waals surface area contributed by atoms with Gasteiger partial charge in [-0.25, -0.2) is 0 Å². The van der Waals surface area contributed by atoms with Gasteiger partial charge in [-0.05, 0) is 13.0 Å². The number of halogens is 1. The zero-order valence-corrected chi connectivity index (χ0v) is 11.3. The molecule has 4 heteroatoms. The highest BCUT2D eigenvalue weighted by atomic mass is 79.9. The highest BCUT2D eigenvalue weighted by Gasteiger charge is 2.14. The van der Waals surface area contributed by atoms with Gasteiger partial charge < -0.3 is 15.2 Å². The lowest BCUT2D eigenvalue weighted by Gasteiger charge is -2.14. The predicted molar refractivity (Wildman–Crippen MR) is 70.1 cm³/mol. The summed E-state index contributed by atoms with van der Waals surface area (Å²) in [6.45, 7) is 2.47. The largest absolute Gasteiger partial charge is 0.493 e. The fourth-order valence-corrected chi connectivity index (χ4v) is 1.92. The summed E-state index contributed by atoms with van der Waals surface area (Å²) in [6, 6.07) is 1.99. The van der Waals surface area contributed by atoms with E-state index in [4.69, 9.17) is 15.2 Å². The van der Waals surface area contributed by atoms with Crippen LogP contribution in [0.1, 0.15) is 11.1 Å². The average molecular weight is 286 g/mol. The Morgan fingerprint density at radius 3 is 2.44 bits per heavy atom. The zero-order chi connectivity index (χ0) is 12.1. The van der Waals surface area contributed by atoms with Crippen molar-refractivity contribution >= 4 is 22.0 Å². The molecule has 1 aromatic rings. The molecule has 88 valence electrons. The van der Waals surface area contributed by atoms with Crippen LogP contribution in [0, 0.1) is 6.92 Å². The molecule has 0 saturated heterocycles. The maximum Gasteiger partial charge on any atom is 0.168 e. The zero-order valence-electron chi connectivity index (χ0n) is 9.71. The third kappa shape index (κ3) is 2.57. The van der Waals surface area contributed by atoms with Gasteiger partial charge in [0.15, 0.2) is 11.5 Å². The second-order valence-electron chi connectivity index (χ2n) is 3.28. The van der Waals surface area contributed by atoms with Gasteiger partial charge in [-0.3, -0.25) is 0 Å². The standard InChI is InChI=1S/C12H16BrNO2/c1-8-10(13)7-9(5-4-6-14)12(16-3)11(8)15-2/h4-5,7H,6,14H2,1-3H3/b5-4+. The molecule has 0 aromatic heterocycles. The summed E-state index contributed by atoms with van der Waals surface area (Å²) >= 11 is 3.49. The first-order valence-electron chi connectivity index (χ1n) is 4.93. The Bertz CT molecular complexity index is 402. The molecule has 0 saturated carbocycles. The molecule has 1 aromatic carbocycles. The third-order valence-electron chi connectivity index (χ3n) is 2.29. The van der Waals surface area contributed by atoms with Crippen molar-refractivity contribution in [1.29, 1.82) is 0 Å². The monoisotopic (exact) mass is 285 g/mol. The predicted octanol–water partition coefficient (Wildman–Crippen LogP) is 2.75. The summed E-state index contributed by atoms with van der Waals surface area (Å²) < 4.78 is 11.7. The molecule has 0 bridgehead atoms. The minimum atomic E-state index is 0.497. The third-order valence-corrected chi connectivity index (χ3v) is 3.11. The van der Waals surface area contributed by atoms with Gasteiger partial charge >= 0.3 is 0 Å². The van der Waals surface area contributed by atoms with E-state index in [1.807, 2.05) is 25.1 Å². The molecule has 16 heavy (non-hydrogen) atoms. The second kappa shape index (κ2) is 5.92. The van der Waals surface area contributed by atoms with E-state index in [1.165, 1.54) is 0 Å². The number of nitrogens with two attached hydrogens (primary N) is 1. The van der Waals surface area contributed by atoms with Crippen LogP contribution in [0.3, 0.4) is 0 Å². The number of ether oxygens (including phenoxy) is 2. The van der Waals surface area contributed by atoms with Crippen molar-refractivity contribution in [3.05, 3.63) is 27.7 Å². The molecule has 0 fully saturated rings. The summed E-state index contributed by atoms with van der Waals surface area (Å²) in [5, 5.41) is 0. The van der Waals surface area contributed by atoms with E-state index >= 15 is 0 Å². The van der Waals surface area contributed by atoms with Crippen molar-refractivity contribution in [3.8, 4) is 11.5 Å². The van der Waals surface area contributed by atoms with Crippen LogP contribution in [0.4, 0.5) is 0 Å². The van der Waals surface area contributed by atoms with Crippen LogP contribution in [-0.2, 0) is 0 Å². The van der Waals surface area contributed by atoms with E-state index in [0.717, 1.165) is 27.1 Å². The van der Waals surface area contributed by atoms with E-state index in [2.05, 4.69) is 15.9 Å². The summed E-state index contributed by atoms with van der Waals surface area (Å²) in [5.74, 6) is 1.47. The Morgan fingerprint density at radius 1 is 1.31 bits per heavy atom. The molecular weight excluding hydrogens is 270 g/mol. The number of rotatable bonds is 4. The fourth-order valence-electron chi connectivity index (χ4n) is 1.50. The molecule has 0 atom stereocenters. The Balaban J connectivity index is 3.37. The Kier molecular flexibility index (Phi) is 4.83. The van der Waals surface area contributed by atoms with Gasteiger partial charge in [-0.15, -0.1) is 0 Å². The van der Waals surface area contributed by atoms with Crippen LogP contribution in [-0.4, -0.2) is 20.8 Å². The Morgan fingerprint density at radius 2 is 1.94 bits per heavy atom. The van der Waals surface area contributed by atoms with Gasteiger partial charge in [-0.1, -0.05) is 28.1 Å². The van der Waals surface area contributed by atoms with Gasteiger partial charge in [-0.2, -0.15) is 0 Å². The normalized spacial score (nSPS) is 10.8. The lowest BCUT2D eigenvalue weighted by atomic mass is 10.1.